The summed E-state index contributed by atoms with van der Waals surface area (Å²) in [5.74, 6) is -2.96. The van der Waals surface area contributed by atoms with Crippen LogP contribution in [0.25, 0.3) is 17.2 Å². The van der Waals surface area contributed by atoms with Crippen molar-refractivity contribution in [3.05, 3.63) is 64.2 Å². The van der Waals surface area contributed by atoms with E-state index in [4.69, 9.17) is 0 Å². The Bertz CT molecular complexity index is 976. The van der Waals surface area contributed by atoms with Gasteiger partial charge in [0.05, 0.1) is 0 Å². The molecule has 178 valence electrons. The maximum Gasteiger partial charge on any atom is 0.194 e. The molecule has 0 bridgehead atoms. The summed E-state index contributed by atoms with van der Waals surface area (Å²) in [5, 5.41) is 0. The summed E-state index contributed by atoms with van der Waals surface area (Å²) < 4.78 is 55.4. The molecule has 2 aliphatic rings. The zero-order valence-electron chi connectivity index (χ0n) is 19.5. The SMILES string of the molecule is CCCCCC1CCC(CCC2=Cc3cc(F)c(-c4cc(F)c(F)c(F)c4)cc3CC2)CC1. The molecule has 0 spiro atoms. The van der Waals surface area contributed by atoms with E-state index in [1.807, 2.05) is 0 Å². The number of aryl methyl sites for hydroxylation is 1. The van der Waals surface area contributed by atoms with Crippen LogP contribution in [0.3, 0.4) is 0 Å². The van der Waals surface area contributed by atoms with Crippen molar-refractivity contribution in [2.24, 2.45) is 11.8 Å². The van der Waals surface area contributed by atoms with Crippen molar-refractivity contribution < 1.29 is 17.6 Å². The van der Waals surface area contributed by atoms with E-state index >= 15 is 0 Å². The molecule has 0 atom stereocenters. The molecule has 4 rings (SSSR count). The van der Waals surface area contributed by atoms with E-state index in [-0.39, 0.29) is 11.1 Å². The fourth-order valence-electron chi connectivity index (χ4n) is 5.58. The van der Waals surface area contributed by atoms with E-state index in [1.165, 1.54) is 69.4 Å². The van der Waals surface area contributed by atoms with E-state index in [9.17, 15) is 17.6 Å². The van der Waals surface area contributed by atoms with Gasteiger partial charge in [0.1, 0.15) is 5.82 Å². The Kier molecular flexibility index (Phi) is 7.93. The van der Waals surface area contributed by atoms with Crippen molar-refractivity contribution in [3.63, 3.8) is 0 Å². The Morgan fingerprint density at radius 2 is 1.42 bits per heavy atom. The van der Waals surface area contributed by atoms with Crippen molar-refractivity contribution in [1.82, 2.24) is 0 Å². The monoisotopic (exact) mass is 458 g/mol. The zero-order valence-corrected chi connectivity index (χ0v) is 19.5. The lowest BCUT2D eigenvalue weighted by atomic mass is 9.77. The number of fused-ring (bicyclic) bond motifs is 1. The predicted octanol–water partition coefficient (Wildman–Crippen LogP) is 9.41. The Hall–Kier alpha value is -2.10. The molecule has 0 saturated heterocycles. The van der Waals surface area contributed by atoms with Crippen LogP contribution in [0.15, 0.2) is 29.8 Å². The van der Waals surface area contributed by atoms with Gasteiger partial charge >= 0.3 is 0 Å². The normalized spacial score (nSPS) is 20.5. The highest BCUT2D eigenvalue weighted by atomic mass is 19.2. The average molecular weight is 459 g/mol. The molecule has 0 radical (unpaired) electrons. The first-order valence-corrected chi connectivity index (χ1v) is 12.6. The summed E-state index contributed by atoms with van der Waals surface area (Å²) in [7, 11) is 0. The third-order valence-corrected chi connectivity index (χ3v) is 7.65. The van der Waals surface area contributed by atoms with Crippen molar-refractivity contribution >= 4 is 6.08 Å². The van der Waals surface area contributed by atoms with Crippen LogP contribution in [0.1, 0.15) is 88.7 Å². The summed E-state index contributed by atoms with van der Waals surface area (Å²) in [4.78, 5) is 0. The third kappa shape index (κ3) is 5.88. The van der Waals surface area contributed by atoms with Gasteiger partial charge in [0.25, 0.3) is 0 Å². The minimum atomic E-state index is -1.53. The van der Waals surface area contributed by atoms with Crippen molar-refractivity contribution in [3.8, 4) is 11.1 Å². The molecule has 0 heterocycles. The van der Waals surface area contributed by atoms with Crippen LogP contribution in [0.5, 0.6) is 0 Å². The smallest absolute Gasteiger partial charge is 0.194 e. The quantitative estimate of drug-likeness (QED) is 0.210. The number of unbranched alkanes of at least 4 members (excludes halogenated alkanes) is 2. The third-order valence-electron chi connectivity index (χ3n) is 7.65. The number of allylic oxidation sites excluding steroid dienone is 1. The first-order chi connectivity index (χ1) is 15.9. The van der Waals surface area contributed by atoms with Gasteiger partial charge in [-0.3, -0.25) is 0 Å². The fourth-order valence-corrected chi connectivity index (χ4v) is 5.58. The van der Waals surface area contributed by atoms with Crippen molar-refractivity contribution in [2.75, 3.05) is 0 Å². The summed E-state index contributed by atoms with van der Waals surface area (Å²) in [6.07, 6.45) is 16.9. The molecule has 1 fully saturated rings. The summed E-state index contributed by atoms with van der Waals surface area (Å²) in [6.45, 7) is 2.26. The highest BCUT2D eigenvalue weighted by Gasteiger charge is 2.22. The molecule has 0 unspecified atom stereocenters. The molecule has 33 heavy (non-hydrogen) atoms. The molecule has 2 aromatic rings. The Morgan fingerprint density at radius 1 is 0.758 bits per heavy atom. The molecule has 0 aliphatic heterocycles. The molecule has 0 amide bonds. The van der Waals surface area contributed by atoms with Crippen LogP contribution < -0.4 is 0 Å². The standard InChI is InChI=1S/C29H34F4/c1-2-3-4-5-19-6-8-20(9-7-19)10-11-21-12-13-22-15-25(26(30)16-23(22)14-21)24-17-27(31)29(33)28(32)18-24/h14-20H,2-13H2,1H3. The lowest BCUT2D eigenvalue weighted by Crippen LogP contribution is -2.15. The second-order valence-electron chi connectivity index (χ2n) is 10.0. The largest absolute Gasteiger partial charge is 0.206 e. The van der Waals surface area contributed by atoms with Gasteiger partial charge in [-0.15, -0.1) is 0 Å². The van der Waals surface area contributed by atoms with E-state index in [2.05, 4.69) is 13.0 Å². The van der Waals surface area contributed by atoms with Gasteiger partial charge in [-0.25, -0.2) is 17.6 Å². The molecule has 2 aliphatic carbocycles. The minimum Gasteiger partial charge on any atom is -0.206 e. The van der Waals surface area contributed by atoms with Gasteiger partial charge < -0.3 is 0 Å². The van der Waals surface area contributed by atoms with Crippen LogP contribution in [0.2, 0.25) is 0 Å². The molecular weight excluding hydrogens is 424 g/mol. The van der Waals surface area contributed by atoms with E-state index < -0.39 is 23.3 Å². The van der Waals surface area contributed by atoms with E-state index in [0.717, 1.165) is 54.4 Å². The molecule has 1 saturated carbocycles. The molecule has 0 aromatic heterocycles. The maximum absolute atomic E-state index is 14.8. The topological polar surface area (TPSA) is 0 Å². The first kappa shape index (κ1) is 24.0. The van der Waals surface area contributed by atoms with Crippen molar-refractivity contribution in [1.29, 1.82) is 0 Å². The minimum absolute atomic E-state index is 0.0202. The van der Waals surface area contributed by atoms with Crippen LogP contribution in [0, 0.1) is 35.1 Å². The van der Waals surface area contributed by atoms with E-state index in [0.29, 0.717) is 0 Å². The second-order valence-corrected chi connectivity index (χ2v) is 10.0. The maximum atomic E-state index is 14.8. The van der Waals surface area contributed by atoms with Gasteiger partial charge in [-0.05, 0) is 78.5 Å². The van der Waals surface area contributed by atoms with Gasteiger partial charge in [-0.1, -0.05) is 69.9 Å². The lowest BCUT2D eigenvalue weighted by molar-refractivity contribution is 0.249. The molecular formula is C29H34F4. The van der Waals surface area contributed by atoms with Gasteiger partial charge in [0, 0.05) is 5.56 Å². The van der Waals surface area contributed by atoms with Crippen LogP contribution in [0.4, 0.5) is 17.6 Å². The van der Waals surface area contributed by atoms with Crippen LogP contribution in [-0.4, -0.2) is 0 Å². The molecule has 2 aromatic carbocycles. The molecule has 4 heteroatoms. The summed E-state index contributed by atoms with van der Waals surface area (Å²) >= 11 is 0. The lowest BCUT2D eigenvalue weighted by Gasteiger charge is -2.29. The van der Waals surface area contributed by atoms with Gasteiger partial charge in [0.15, 0.2) is 17.5 Å². The summed E-state index contributed by atoms with van der Waals surface area (Å²) in [6, 6.07) is 4.81. The Morgan fingerprint density at radius 3 is 2.09 bits per heavy atom. The predicted molar refractivity (Wildman–Crippen MR) is 127 cm³/mol. The molecule has 0 nitrogen and oxygen atoms in total. The molecule has 0 N–H and O–H groups in total. The number of halogens is 4. The number of benzene rings is 2. The highest BCUT2D eigenvalue weighted by molar-refractivity contribution is 5.70. The first-order valence-electron chi connectivity index (χ1n) is 12.6. The summed E-state index contributed by atoms with van der Waals surface area (Å²) in [5.41, 5.74) is 3.30. The number of hydrogen-bond acceptors (Lipinski definition) is 0. The second kappa shape index (κ2) is 10.9. The highest BCUT2D eigenvalue weighted by Crippen LogP contribution is 2.37. The zero-order chi connectivity index (χ0) is 23.4. The Labute approximate surface area is 195 Å². The van der Waals surface area contributed by atoms with Gasteiger partial charge in [0.2, 0.25) is 0 Å². The van der Waals surface area contributed by atoms with Gasteiger partial charge in [-0.2, -0.15) is 0 Å². The van der Waals surface area contributed by atoms with Crippen LogP contribution >= 0.6 is 0 Å². The number of hydrogen-bond donors (Lipinski definition) is 0. The van der Waals surface area contributed by atoms with E-state index in [1.54, 1.807) is 6.07 Å². The van der Waals surface area contributed by atoms with Crippen molar-refractivity contribution in [2.45, 2.75) is 84.0 Å². The van der Waals surface area contributed by atoms with Crippen LogP contribution in [-0.2, 0) is 6.42 Å². The average Bonchev–Trinajstić information content (AvgIpc) is 2.81. The number of rotatable bonds is 8. The Balaban J connectivity index is 1.37. The fraction of sp³-hybridized carbons (Fsp3) is 0.517.